The summed E-state index contributed by atoms with van der Waals surface area (Å²) >= 11 is 0. The molecular formula is C16H28N4. The first-order valence-electron chi connectivity index (χ1n) is 7.04. The smallest absolute Gasteiger partial charge is 0.105 e. The predicted octanol–water partition coefficient (Wildman–Crippen LogP) is 3.96. The van der Waals surface area contributed by atoms with Crippen LogP contribution in [0, 0.1) is 13.8 Å². The Kier molecular flexibility index (Phi) is 4.79. The Morgan fingerprint density at radius 3 is 1.80 bits per heavy atom. The van der Waals surface area contributed by atoms with Gasteiger partial charge in [0.2, 0.25) is 0 Å². The van der Waals surface area contributed by atoms with Gasteiger partial charge in [0, 0.05) is 29.0 Å². The molecule has 2 aromatic heterocycles. The van der Waals surface area contributed by atoms with Gasteiger partial charge >= 0.3 is 0 Å². The summed E-state index contributed by atoms with van der Waals surface area (Å²) in [4.78, 5) is 11.4. The maximum Gasteiger partial charge on any atom is 0.105 e. The minimum absolute atomic E-state index is 0.167. The highest BCUT2D eigenvalue weighted by Crippen LogP contribution is 2.21. The van der Waals surface area contributed by atoms with Crippen molar-refractivity contribution in [1.82, 2.24) is 19.5 Å². The van der Waals surface area contributed by atoms with E-state index in [1.54, 1.807) is 6.33 Å². The van der Waals surface area contributed by atoms with Crippen LogP contribution in [0.1, 0.15) is 58.8 Å². The van der Waals surface area contributed by atoms with Crippen LogP contribution in [0.4, 0.5) is 0 Å². The van der Waals surface area contributed by atoms with Crippen LogP contribution in [0.15, 0.2) is 18.7 Å². The number of hydrogen-bond donors (Lipinski definition) is 1. The molecule has 0 unspecified atom stereocenters. The van der Waals surface area contributed by atoms with E-state index in [0.29, 0.717) is 0 Å². The average Bonchev–Trinajstić information content (AvgIpc) is 2.85. The van der Waals surface area contributed by atoms with Gasteiger partial charge in [0.05, 0.1) is 12.0 Å². The standard InChI is InChI=1S/2C8H14N2/c1-7-9-5-6-10(7)8(2,3)4;1-6-7(8(2,3)4)10-5-9-6/h5-6H,1-4H3;5H,1-4H3,(H,9,10). The molecule has 20 heavy (non-hydrogen) atoms. The molecule has 0 atom stereocenters. The van der Waals surface area contributed by atoms with Gasteiger partial charge in [-0.3, -0.25) is 0 Å². The molecule has 0 saturated heterocycles. The summed E-state index contributed by atoms with van der Waals surface area (Å²) in [6.45, 7) is 17.1. The molecule has 0 amide bonds. The summed E-state index contributed by atoms with van der Waals surface area (Å²) in [6, 6.07) is 0. The van der Waals surface area contributed by atoms with Gasteiger partial charge in [-0.05, 0) is 34.6 Å². The Labute approximate surface area is 122 Å². The van der Waals surface area contributed by atoms with Crippen molar-refractivity contribution in [2.45, 2.75) is 66.3 Å². The number of H-pyrrole nitrogens is 1. The second-order valence-corrected chi connectivity index (χ2v) is 7.14. The number of imidazole rings is 2. The third kappa shape index (κ3) is 4.22. The van der Waals surface area contributed by atoms with Crippen molar-refractivity contribution < 1.29 is 0 Å². The van der Waals surface area contributed by atoms with Gasteiger partial charge in [0.25, 0.3) is 0 Å². The Morgan fingerprint density at radius 1 is 1.00 bits per heavy atom. The predicted molar refractivity (Wildman–Crippen MR) is 84.0 cm³/mol. The number of rotatable bonds is 0. The molecule has 2 rings (SSSR count). The van der Waals surface area contributed by atoms with Crippen molar-refractivity contribution in [3.05, 3.63) is 35.9 Å². The Bertz CT molecular complexity index is 485. The van der Waals surface area contributed by atoms with Gasteiger partial charge < -0.3 is 9.55 Å². The molecule has 4 nitrogen and oxygen atoms in total. The van der Waals surface area contributed by atoms with Crippen molar-refractivity contribution in [2.75, 3.05) is 0 Å². The van der Waals surface area contributed by atoms with Gasteiger partial charge in [-0.15, -0.1) is 0 Å². The zero-order valence-corrected chi connectivity index (χ0v) is 14.1. The van der Waals surface area contributed by atoms with E-state index in [2.05, 4.69) is 61.1 Å². The van der Waals surface area contributed by atoms with Crippen LogP contribution in [-0.2, 0) is 11.0 Å². The molecule has 0 aliphatic carbocycles. The number of aromatic nitrogens is 4. The maximum absolute atomic E-state index is 4.23. The van der Waals surface area contributed by atoms with Crippen molar-refractivity contribution in [3.8, 4) is 0 Å². The molecule has 2 aromatic rings. The summed E-state index contributed by atoms with van der Waals surface area (Å²) in [5.74, 6) is 1.08. The third-order valence-electron chi connectivity index (χ3n) is 3.09. The largest absolute Gasteiger partial charge is 0.348 e. The maximum atomic E-state index is 4.23. The molecular weight excluding hydrogens is 248 g/mol. The average molecular weight is 276 g/mol. The van der Waals surface area contributed by atoms with E-state index in [9.17, 15) is 0 Å². The highest BCUT2D eigenvalue weighted by molar-refractivity contribution is 5.17. The van der Waals surface area contributed by atoms with Crippen LogP contribution in [0.3, 0.4) is 0 Å². The minimum atomic E-state index is 0.167. The van der Waals surface area contributed by atoms with E-state index in [0.717, 1.165) is 11.5 Å². The van der Waals surface area contributed by atoms with Gasteiger partial charge in [-0.1, -0.05) is 20.8 Å². The van der Waals surface area contributed by atoms with Crippen molar-refractivity contribution >= 4 is 0 Å². The molecule has 112 valence electrons. The van der Waals surface area contributed by atoms with Gasteiger partial charge in [0.1, 0.15) is 5.82 Å². The molecule has 4 heteroatoms. The van der Waals surface area contributed by atoms with Gasteiger partial charge in [0.15, 0.2) is 0 Å². The monoisotopic (exact) mass is 276 g/mol. The Hall–Kier alpha value is -1.58. The van der Waals surface area contributed by atoms with E-state index in [-0.39, 0.29) is 11.0 Å². The number of aromatic amines is 1. The first kappa shape index (κ1) is 16.5. The highest BCUT2D eigenvalue weighted by atomic mass is 15.1. The summed E-state index contributed by atoms with van der Waals surface area (Å²) in [7, 11) is 0. The fraction of sp³-hybridized carbons (Fsp3) is 0.625. The second kappa shape index (κ2) is 5.81. The van der Waals surface area contributed by atoms with Gasteiger partial charge in [-0.25, -0.2) is 9.97 Å². The highest BCUT2D eigenvalue weighted by Gasteiger charge is 2.17. The number of nitrogens with zero attached hydrogens (tertiary/aromatic N) is 3. The molecule has 1 N–H and O–H groups in total. The van der Waals surface area contributed by atoms with E-state index < -0.39 is 0 Å². The number of aryl methyl sites for hydroxylation is 2. The first-order valence-corrected chi connectivity index (χ1v) is 7.04. The zero-order valence-electron chi connectivity index (χ0n) is 14.1. The minimum Gasteiger partial charge on any atom is -0.348 e. The molecule has 0 aliphatic rings. The number of hydrogen-bond acceptors (Lipinski definition) is 2. The fourth-order valence-electron chi connectivity index (χ4n) is 2.20. The van der Waals surface area contributed by atoms with Crippen LogP contribution in [0.2, 0.25) is 0 Å². The molecule has 0 aliphatic heterocycles. The molecule has 0 radical (unpaired) electrons. The van der Waals surface area contributed by atoms with Crippen LogP contribution >= 0.6 is 0 Å². The summed E-state index contributed by atoms with van der Waals surface area (Å²) in [5.41, 5.74) is 2.67. The van der Waals surface area contributed by atoms with Crippen LogP contribution in [0.25, 0.3) is 0 Å². The van der Waals surface area contributed by atoms with Crippen LogP contribution in [0.5, 0.6) is 0 Å². The lowest BCUT2D eigenvalue weighted by molar-refractivity contribution is 0.388. The summed E-state index contributed by atoms with van der Waals surface area (Å²) < 4.78 is 2.16. The third-order valence-corrected chi connectivity index (χ3v) is 3.09. The van der Waals surface area contributed by atoms with E-state index in [4.69, 9.17) is 0 Å². The SMILES string of the molecule is Cc1[nH]cnc1C(C)(C)C.Cc1nccn1C(C)(C)C. The lowest BCUT2D eigenvalue weighted by atomic mass is 9.91. The van der Waals surface area contributed by atoms with E-state index in [1.807, 2.05) is 26.2 Å². The molecule has 0 saturated carbocycles. The lowest BCUT2D eigenvalue weighted by Gasteiger charge is -2.21. The van der Waals surface area contributed by atoms with Crippen LogP contribution in [-0.4, -0.2) is 19.5 Å². The Balaban J connectivity index is 0.000000200. The summed E-state index contributed by atoms with van der Waals surface area (Å²) in [5, 5.41) is 0. The molecule has 0 spiro atoms. The fourth-order valence-corrected chi connectivity index (χ4v) is 2.20. The van der Waals surface area contributed by atoms with Crippen molar-refractivity contribution in [2.24, 2.45) is 0 Å². The quantitative estimate of drug-likeness (QED) is 0.791. The summed E-state index contributed by atoms with van der Waals surface area (Å²) in [6.07, 6.45) is 5.59. The molecule has 2 heterocycles. The van der Waals surface area contributed by atoms with Crippen LogP contribution < -0.4 is 0 Å². The van der Waals surface area contributed by atoms with Crippen molar-refractivity contribution in [3.63, 3.8) is 0 Å². The molecule has 0 aromatic carbocycles. The van der Waals surface area contributed by atoms with E-state index >= 15 is 0 Å². The molecule has 0 fully saturated rings. The zero-order chi connectivity index (χ0) is 15.6. The Morgan fingerprint density at radius 2 is 1.60 bits per heavy atom. The van der Waals surface area contributed by atoms with E-state index in [1.165, 1.54) is 5.69 Å². The van der Waals surface area contributed by atoms with Gasteiger partial charge in [-0.2, -0.15) is 0 Å². The first-order chi connectivity index (χ1) is 9.03. The lowest BCUT2D eigenvalue weighted by Crippen LogP contribution is -2.21. The molecule has 0 bridgehead atoms. The second-order valence-electron chi connectivity index (χ2n) is 7.14. The topological polar surface area (TPSA) is 46.5 Å². The van der Waals surface area contributed by atoms with Crippen molar-refractivity contribution in [1.29, 1.82) is 0 Å². The number of nitrogens with one attached hydrogen (secondary N) is 1. The normalized spacial score (nSPS) is 12.0.